The number of nitro groups is 1. The van der Waals surface area contributed by atoms with Gasteiger partial charge in [0.2, 0.25) is 5.75 Å². The molecule has 2 aromatic heterocycles. The Morgan fingerprint density at radius 2 is 2.19 bits per heavy atom. The van der Waals surface area contributed by atoms with E-state index in [9.17, 15) is 14.9 Å². The molecule has 0 atom stereocenters. The lowest BCUT2D eigenvalue weighted by atomic mass is 10.3. The van der Waals surface area contributed by atoms with Gasteiger partial charge in [-0.05, 0) is 35.0 Å². The maximum Gasteiger partial charge on any atom is 0.406 e. The summed E-state index contributed by atoms with van der Waals surface area (Å²) in [4.78, 5) is 25.8. The van der Waals surface area contributed by atoms with Crippen LogP contribution in [0.4, 0.5) is 5.82 Å². The van der Waals surface area contributed by atoms with Crippen LogP contribution in [-0.4, -0.2) is 27.9 Å². The fourth-order valence-electron chi connectivity index (χ4n) is 1.61. The quantitative estimate of drug-likeness (QED) is 0.480. The van der Waals surface area contributed by atoms with Gasteiger partial charge in [0.15, 0.2) is 5.69 Å². The third kappa shape index (κ3) is 3.11. The molecule has 0 spiro atoms. The molecule has 21 heavy (non-hydrogen) atoms. The maximum atomic E-state index is 11.8. The number of aryl methyl sites for hydroxylation is 1. The summed E-state index contributed by atoms with van der Waals surface area (Å²) in [5.74, 6) is -0.345. The average Bonchev–Trinajstić information content (AvgIpc) is 2.48. The molecule has 8 heteroatoms. The van der Waals surface area contributed by atoms with Crippen molar-refractivity contribution < 1.29 is 9.66 Å². The number of rotatable bonds is 4. The minimum atomic E-state index is -0.644. The van der Waals surface area contributed by atoms with Gasteiger partial charge in [-0.15, -0.1) is 0 Å². The third-order valence-corrected chi connectivity index (χ3v) is 2.69. The molecular formula is C13H12N4O4. The van der Waals surface area contributed by atoms with Gasteiger partial charge in [-0.25, -0.2) is 4.68 Å². The van der Waals surface area contributed by atoms with Crippen LogP contribution in [-0.2, 0) is 0 Å². The molecule has 0 bridgehead atoms. The first-order chi connectivity index (χ1) is 10.0. The van der Waals surface area contributed by atoms with Crippen molar-refractivity contribution >= 4 is 12.0 Å². The van der Waals surface area contributed by atoms with Crippen molar-refractivity contribution in [2.24, 2.45) is 5.10 Å². The molecule has 0 amide bonds. The maximum absolute atomic E-state index is 11.8. The molecule has 2 rings (SSSR count). The largest absolute Gasteiger partial charge is 0.489 e. The van der Waals surface area contributed by atoms with Crippen molar-refractivity contribution in [2.45, 2.75) is 6.92 Å². The van der Waals surface area contributed by atoms with E-state index in [1.807, 2.05) is 0 Å². The Bertz CT molecular complexity index is 767. The summed E-state index contributed by atoms with van der Waals surface area (Å²) in [6.45, 7) is 1.67. The normalized spacial score (nSPS) is 10.8. The van der Waals surface area contributed by atoms with Gasteiger partial charge in [-0.1, -0.05) is 6.07 Å². The van der Waals surface area contributed by atoms with E-state index in [0.717, 1.165) is 4.68 Å². The molecule has 0 N–H and O–H groups in total. The minimum Gasteiger partial charge on any atom is -0.489 e. The zero-order valence-electron chi connectivity index (χ0n) is 11.4. The lowest BCUT2D eigenvalue weighted by Gasteiger charge is -2.00. The van der Waals surface area contributed by atoms with Gasteiger partial charge < -0.3 is 14.9 Å². The van der Waals surface area contributed by atoms with Crippen LogP contribution in [0.25, 0.3) is 0 Å². The summed E-state index contributed by atoms with van der Waals surface area (Å²) in [6.07, 6.45) is 2.76. The molecule has 0 aliphatic heterocycles. The van der Waals surface area contributed by atoms with Gasteiger partial charge in [0, 0.05) is 11.8 Å². The third-order valence-electron chi connectivity index (χ3n) is 2.69. The Hall–Kier alpha value is -3.03. The van der Waals surface area contributed by atoms with Gasteiger partial charge in [0.1, 0.15) is 0 Å². The van der Waals surface area contributed by atoms with Crippen LogP contribution in [0.2, 0.25) is 0 Å². The molecule has 0 fully saturated rings. The minimum absolute atomic E-state index is 0.0601. The molecular weight excluding hydrogens is 276 g/mol. The van der Waals surface area contributed by atoms with Crippen LogP contribution in [0.1, 0.15) is 11.3 Å². The zero-order valence-corrected chi connectivity index (χ0v) is 11.4. The van der Waals surface area contributed by atoms with E-state index in [2.05, 4.69) is 10.1 Å². The predicted molar refractivity (Wildman–Crippen MR) is 75.9 cm³/mol. The van der Waals surface area contributed by atoms with E-state index in [1.165, 1.54) is 31.7 Å². The molecule has 0 aliphatic rings. The Morgan fingerprint density at radius 3 is 2.86 bits per heavy atom. The van der Waals surface area contributed by atoms with E-state index in [4.69, 9.17) is 4.74 Å². The Morgan fingerprint density at radius 1 is 1.43 bits per heavy atom. The molecule has 0 aromatic carbocycles. The van der Waals surface area contributed by atoms with E-state index >= 15 is 0 Å². The first-order valence-electron chi connectivity index (χ1n) is 5.95. The fourth-order valence-corrected chi connectivity index (χ4v) is 1.61. The van der Waals surface area contributed by atoms with E-state index in [1.54, 1.807) is 19.1 Å². The molecule has 2 heterocycles. The standard InChI is InChI=1S/C13H12N4O4/c1-9-4-3-7-16(13(9)18)14-8-10-5-6-11(21-2)12(15-10)17(19)20/h3-8H,1-2H3. The van der Waals surface area contributed by atoms with Gasteiger partial charge in [-0.3, -0.25) is 4.79 Å². The van der Waals surface area contributed by atoms with Crippen molar-refractivity contribution in [2.75, 3.05) is 7.11 Å². The van der Waals surface area contributed by atoms with E-state index in [0.29, 0.717) is 5.56 Å². The summed E-state index contributed by atoms with van der Waals surface area (Å²) in [7, 11) is 1.32. The second-order valence-corrected chi connectivity index (χ2v) is 4.10. The molecule has 0 radical (unpaired) electrons. The topological polar surface area (TPSA) is 99.6 Å². The van der Waals surface area contributed by atoms with Crippen LogP contribution < -0.4 is 10.3 Å². The predicted octanol–water partition coefficient (Wildman–Crippen LogP) is 1.35. The first kappa shape index (κ1) is 14.4. The van der Waals surface area contributed by atoms with Crippen molar-refractivity contribution in [3.63, 3.8) is 0 Å². The Labute approximate surface area is 119 Å². The second kappa shape index (κ2) is 5.95. The molecule has 0 aliphatic carbocycles. The zero-order chi connectivity index (χ0) is 15.4. The van der Waals surface area contributed by atoms with E-state index in [-0.39, 0.29) is 17.0 Å². The van der Waals surface area contributed by atoms with Gasteiger partial charge >= 0.3 is 5.82 Å². The lowest BCUT2D eigenvalue weighted by Crippen LogP contribution is -2.17. The number of aromatic nitrogens is 2. The highest BCUT2D eigenvalue weighted by Crippen LogP contribution is 2.23. The summed E-state index contributed by atoms with van der Waals surface area (Å²) in [5.41, 5.74) is 0.524. The Kier molecular flexibility index (Phi) is 4.07. The highest BCUT2D eigenvalue weighted by Gasteiger charge is 2.17. The van der Waals surface area contributed by atoms with Crippen molar-refractivity contribution in [1.82, 2.24) is 9.66 Å². The average molecular weight is 288 g/mol. The first-order valence-corrected chi connectivity index (χ1v) is 5.95. The van der Waals surface area contributed by atoms with Crippen LogP contribution in [0.5, 0.6) is 5.75 Å². The van der Waals surface area contributed by atoms with Crippen molar-refractivity contribution in [3.05, 3.63) is 62.2 Å². The molecule has 8 nitrogen and oxygen atoms in total. The fraction of sp³-hybridized carbons (Fsp3) is 0.154. The van der Waals surface area contributed by atoms with E-state index < -0.39 is 10.7 Å². The molecule has 0 saturated heterocycles. The van der Waals surface area contributed by atoms with Crippen molar-refractivity contribution in [3.8, 4) is 5.75 Å². The van der Waals surface area contributed by atoms with Gasteiger partial charge in [0.25, 0.3) is 5.56 Å². The number of nitrogens with zero attached hydrogens (tertiary/aromatic N) is 4. The SMILES string of the molecule is COc1ccc(C=Nn2cccc(C)c2=O)nc1[N+](=O)[O-]. The lowest BCUT2D eigenvalue weighted by molar-refractivity contribution is -0.390. The number of hydrogen-bond acceptors (Lipinski definition) is 6. The molecule has 0 saturated carbocycles. The number of pyridine rings is 2. The summed E-state index contributed by atoms with van der Waals surface area (Å²) in [5, 5.41) is 14.8. The number of ether oxygens (including phenoxy) is 1. The second-order valence-electron chi connectivity index (χ2n) is 4.10. The monoisotopic (exact) mass is 288 g/mol. The van der Waals surface area contributed by atoms with Crippen LogP contribution in [0.3, 0.4) is 0 Å². The van der Waals surface area contributed by atoms with Gasteiger partial charge in [0.05, 0.1) is 13.3 Å². The summed E-state index contributed by atoms with van der Waals surface area (Å²) < 4.78 is 5.99. The van der Waals surface area contributed by atoms with Crippen LogP contribution >= 0.6 is 0 Å². The molecule has 108 valence electrons. The van der Waals surface area contributed by atoms with Crippen LogP contribution in [0.15, 0.2) is 40.4 Å². The Balaban J connectivity index is 2.38. The number of hydrogen-bond donors (Lipinski definition) is 0. The van der Waals surface area contributed by atoms with Gasteiger partial charge in [-0.2, -0.15) is 5.10 Å². The molecule has 2 aromatic rings. The highest BCUT2D eigenvalue weighted by atomic mass is 16.6. The molecule has 0 unspecified atom stereocenters. The highest BCUT2D eigenvalue weighted by molar-refractivity contribution is 5.77. The summed E-state index contributed by atoms with van der Waals surface area (Å²) >= 11 is 0. The smallest absolute Gasteiger partial charge is 0.406 e. The number of methoxy groups -OCH3 is 1. The van der Waals surface area contributed by atoms with Crippen LogP contribution in [0, 0.1) is 17.0 Å². The van der Waals surface area contributed by atoms with Crippen molar-refractivity contribution in [1.29, 1.82) is 0 Å². The summed E-state index contributed by atoms with van der Waals surface area (Å²) in [6, 6.07) is 6.28.